The van der Waals surface area contributed by atoms with Crippen LogP contribution in [0.5, 0.6) is 0 Å². The van der Waals surface area contributed by atoms with Gasteiger partial charge in [-0.3, -0.25) is 4.79 Å². The number of benzene rings is 1. The second-order valence-electron chi connectivity index (χ2n) is 6.26. The third-order valence-corrected chi connectivity index (χ3v) is 4.18. The lowest BCUT2D eigenvalue weighted by molar-refractivity contribution is -0.149. The number of rotatable bonds is 10. The number of carbonyl (C=O) groups is 2. The highest BCUT2D eigenvalue weighted by Crippen LogP contribution is 2.11. The molecule has 0 spiro atoms. The van der Waals surface area contributed by atoms with E-state index in [1.165, 1.54) is 11.9 Å². The Morgan fingerprint density at radius 1 is 1.23 bits per heavy atom. The van der Waals surface area contributed by atoms with Crippen LogP contribution in [0.3, 0.4) is 0 Å². The lowest BCUT2D eigenvalue weighted by Gasteiger charge is -2.25. The van der Waals surface area contributed by atoms with Crippen molar-refractivity contribution >= 4 is 11.9 Å². The Morgan fingerprint density at radius 3 is 2.62 bits per heavy atom. The first-order valence-corrected chi connectivity index (χ1v) is 8.85. The van der Waals surface area contributed by atoms with Gasteiger partial charge in [0.05, 0.1) is 0 Å². The Labute approximate surface area is 153 Å². The topological polar surface area (TPSA) is 96.5 Å². The van der Waals surface area contributed by atoms with E-state index in [4.69, 9.17) is 4.52 Å². The molecule has 7 nitrogen and oxygen atoms in total. The van der Waals surface area contributed by atoms with Crippen LogP contribution in [0.2, 0.25) is 0 Å². The monoisotopic (exact) mass is 359 g/mol. The van der Waals surface area contributed by atoms with Crippen LogP contribution in [0.15, 0.2) is 34.9 Å². The molecule has 2 aromatic rings. The lowest BCUT2D eigenvalue weighted by atomic mass is 10.0. The van der Waals surface area contributed by atoms with E-state index in [1.807, 2.05) is 37.3 Å². The van der Waals surface area contributed by atoms with Crippen LogP contribution in [0.1, 0.15) is 43.5 Å². The van der Waals surface area contributed by atoms with Gasteiger partial charge in [0.25, 0.3) is 0 Å². The van der Waals surface area contributed by atoms with E-state index in [9.17, 15) is 14.7 Å². The predicted molar refractivity (Wildman–Crippen MR) is 95.6 cm³/mol. The average molecular weight is 359 g/mol. The molecule has 0 bridgehead atoms. The summed E-state index contributed by atoms with van der Waals surface area (Å²) in [4.78, 5) is 29.5. The van der Waals surface area contributed by atoms with Crippen LogP contribution < -0.4 is 0 Å². The fourth-order valence-electron chi connectivity index (χ4n) is 2.69. The van der Waals surface area contributed by atoms with E-state index in [0.29, 0.717) is 24.6 Å². The van der Waals surface area contributed by atoms with Gasteiger partial charge in [0.2, 0.25) is 11.8 Å². The highest BCUT2D eigenvalue weighted by Gasteiger charge is 2.26. The molecule has 140 valence electrons. The molecule has 1 atom stereocenters. The highest BCUT2D eigenvalue weighted by molar-refractivity contribution is 5.83. The van der Waals surface area contributed by atoms with Crippen molar-refractivity contribution in [3.05, 3.63) is 47.6 Å². The van der Waals surface area contributed by atoms with Crippen LogP contribution in [0.4, 0.5) is 0 Å². The second kappa shape index (κ2) is 9.70. The Hall–Kier alpha value is -2.70. The molecule has 0 saturated carbocycles. The maximum Gasteiger partial charge on any atom is 0.326 e. The van der Waals surface area contributed by atoms with E-state index in [1.54, 1.807) is 0 Å². The predicted octanol–water partition coefficient (Wildman–Crippen LogP) is 2.50. The summed E-state index contributed by atoms with van der Waals surface area (Å²) in [5.41, 5.74) is 0.883. The van der Waals surface area contributed by atoms with E-state index in [2.05, 4.69) is 10.1 Å². The van der Waals surface area contributed by atoms with Crippen molar-refractivity contribution < 1.29 is 19.2 Å². The Balaban J connectivity index is 1.86. The zero-order chi connectivity index (χ0) is 18.9. The standard InChI is InChI=1S/C19H25N3O4/c1-3-8-16-20-17(26-21-16)11-7-12-18(23)22(2)15(19(24)25)13-14-9-5-4-6-10-14/h4-6,9-10,15H,3,7-8,11-13H2,1-2H3,(H,24,25). The van der Waals surface area contributed by atoms with Crippen molar-refractivity contribution in [1.82, 2.24) is 15.0 Å². The van der Waals surface area contributed by atoms with Gasteiger partial charge < -0.3 is 14.5 Å². The molecule has 0 saturated heterocycles. The first-order chi connectivity index (χ1) is 12.5. The number of hydrogen-bond donors (Lipinski definition) is 1. The van der Waals surface area contributed by atoms with Crippen molar-refractivity contribution in [3.8, 4) is 0 Å². The van der Waals surface area contributed by atoms with Crippen LogP contribution in [-0.2, 0) is 28.9 Å². The molecule has 0 fully saturated rings. The summed E-state index contributed by atoms with van der Waals surface area (Å²) in [5.74, 6) is -0.0184. The van der Waals surface area contributed by atoms with Crippen molar-refractivity contribution in [1.29, 1.82) is 0 Å². The minimum atomic E-state index is -1.01. The first kappa shape index (κ1) is 19.6. The molecular formula is C19H25N3O4. The van der Waals surface area contributed by atoms with Gasteiger partial charge in [-0.25, -0.2) is 4.79 Å². The maximum absolute atomic E-state index is 12.4. The Bertz CT molecular complexity index is 715. The van der Waals surface area contributed by atoms with E-state index >= 15 is 0 Å². The van der Waals surface area contributed by atoms with Crippen LogP contribution >= 0.6 is 0 Å². The van der Waals surface area contributed by atoms with E-state index < -0.39 is 12.0 Å². The molecule has 1 unspecified atom stereocenters. The third kappa shape index (κ3) is 5.68. The maximum atomic E-state index is 12.4. The molecule has 2 rings (SSSR count). The molecule has 0 aliphatic heterocycles. The number of aliphatic carboxylic acids is 1. The van der Waals surface area contributed by atoms with Crippen molar-refractivity contribution in [2.45, 2.75) is 51.5 Å². The second-order valence-corrected chi connectivity index (χ2v) is 6.26. The molecule has 7 heteroatoms. The van der Waals surface area contributed by atoms with E-state index in [0.717, 1.165) is 18.4 Å². The molecule has 1 heterocycles. The first-order valence-electron chi connectivity index (χ1n) is 8.85. The highest BCUT2D eigenvalue weighted by atomic mass is 16.5. The summed E-state index contributed by atoms with van der Waals surface area (Å²) in [6.07, 6.45) is 3.27. The molecule has 0 radical (unpaired) electrons. The number of nitrogens with zero attached hydrogens (tertiary/aromatic N) is 3. The third-order valence-electron chi connectivity index (χ3n) is 4.18. The van der Waals surface area contributed by atoms with Crippen molar-refractivity contribution in [2.24, 2.45) is 0 Å². The number of carbonyl (C=O) groups excluding carboxylic acids is 1. The summed E-state index contributed by atoms with van der Waals surface area (Å²) >= 11 is 0. The van der Waals surface area contributed by atoms with Crippen molar-refractivity contribution in [2.75, 3.05) is 7.05 Å². The number of carboxylic acids is 1. The zero-order valence-corrected chi connectivity index (χ0v) is 15.2. The molecule has 0 aliphatic rings. The van der Waals surface area contributed by atoms with Crippen LogP contribution in [-0.4, -0.2) is 45.1 Å². The molecule has 1 amide bonds. The summed E-state index contributed by atoms with van der Waals surface area (Å²) in [5, 5.41) is 13.4. The summed E-state index contributed by atoms with van der Waals surface area (Å²) in [6, 6.07) is 8.41. The number of likely N-dealkylation sites (N-methyl/N-ethyl adjacent to an activating group) is 1. The Morgan fingerprint density at radius 2 is 1.96 bits per heavy atom. The van der Waals surface area contributed by atoms with Crippen LogP contribution in [0, 0.1) is 0 Å². The molecule has 26 heavy (non-hydrogen) atoms. The van der Waals surface area contributed by atoms with Crippen LogP contribution in [0.25, 0.3) is 0 Å². The fraction of sp³-hybridized carbons (Fsp3) is 0.474. The number of hydrogen-bond acceptors (Lipinski definition) is 5. The minimum Gasteiger partial charge on any atom is -0.480 e. The summed E-state index contributed by atoms with van der Waals surface area (Å²) < 4.78 is 5.14. The Kier molecular flexibility index (Phi) is 7.32. The van der Waals surface area contributed by atoms with Gasteiger partial charge >= 0.3 is 5.97 Å². The normalized spacial score (nSPS) is 11.9. The number of amides is 1. The zero-order valence-electron chi connectivity index (χ0n) is 15.2. The summed E-state index contributed by atoms with van der Waals surface area (Å²) in [6.45, 7) is 2.04. The number of aromatic nitrogens is 2. The van der Waals surface area contributed by atoms with Gasteiger partial charge in [-0.15, -0.1) is 0 Å². The minimum absolute atomic E-state index is 0.207. The number of carboxylic acid groups (broad SMARTS) is 1. The molecule has 1 aromatic heterocycles. The van der Waals surface area contributed by atoms with Gasteiger partial charge in [-0.1, -0.05) is 42.4 Å². The smallest absolute Gasteiger partial charge is 0.326 e. The van der Waals surface area contributed by atoms with E-state index in [-0.39, 0.29) is 18.7 Å². The van der Waals surface area contributed by atoms with Gasteiger partial charge in [0.15, 0.2) is 5.82 Å². The lowest BCUT2D eigenvalue weighted by Crippen LogP contribution is -2.43. The molecule has 1 aromatic carbocycles. The van der Waals surface area contributed by atoms with Gasteiger partial charge in [0.1, 0.15) is 6.04 Å². The van der Waals surface area contributed by atoms with Crippen molar-refractivity contribution in [3.63, 3.8) is 0 Å². The average Bonchev–Trinajstić information content (AvgIpc) is 3.07. The molecule has 1 N–H and O–H groups in total. The molecular weight excluding hydrogens is 334 g/mol. The SMILES string of the molecule is CCCc1noc(CCCC(=O)N(C)C(Cc2ccccc2)C(=O)O)n1. The van der Waals surface area contributed by atoms with Gasteiger partial charge in [-0.2, -0.15) is 4.98 Å². The quantitative estimate of drug-likeness (QED) is 0.700. The largest absolute Gasteiger partial charge is 0.480 e. The van der Waals surface area contributed by atoms with Gasteiger partial charge in [-0.05, 0) is 18.4 Å². The summed E-state index contributed by atoms with van der Waals surface area (Å²) in [7, 11) is 1.54. The van der Waals surface area contributed by atoms with Gasteiger partial charge in [0, 0.05) is 32.7 Å². The fourth-order valence-corrected chi connectivity index (χ4v) is 2.69. The number of aryl methyl sites for hydroxylation is 2. The molecule has 0 aliphatic carbocycles.